The van der Waals surface area contributed by atoms with Gasteiger partial charge in [-0.1, -0.05) is 54.1 Å². The third-order valence-corrected chi connectivity index (χ3v) is 4.73. The number of amides is 1. The zero-order valence-electron chi connectivity index (χ0n) is 13.9. The van der Waals surface area contributed by atoms with Crippen molar-refractivity contribution < 1.29 is 14.7 Å². The van der Waals surface area contributed by atoms with Crippen molar-refractivity contribution in [2.24, 2.45) is 0 Å². The van der Waals surface area contributed by atoms with E-state index in [0.717, 1.165) is 22.3 Å². The van der Waals surface area contributed by atoms with Gasteiger partial charge in [-0.15, -0.1) is 0 Å². The summed E-state index contributed by atoms with van der Waals surface area (Å²) in [7, 11) is 0. The molecule has 2 atom stereocenters. The van der Waals surface area contributed by atoms with Gasteiger partial charge in [-0.3, -0.25) is 9.59 Å². The van der Waals surface area contributed by atoms with Gasteiger partial charge in [0.15, 0.2) is 0 Å². The fraction of sp³-hybridized carbons (Fsp3) is 0.300. The molecule has 0 aliphatic carbocycles. The number of aliphatic carboxylic acids is 1. The maximum atomic E-state index is 12.8. The molecular weight excluding hydrogens is 302 g/mol. The van der Waals surface area contributed by atoms with Gasteiger partial charge in [-0.25, -0.2) is 0 Å². The van der Waals surface area contributed by atoms with E-state index >= 15 is 0 Å². The minimum absolute atomic E-state index is 0.0284. The fourth-order valence-electron chi connectivity index (χ4n) is 3.55. The average Bonchev–Trinajstić information content (AvgIpc) is 2.68. The number of nitrogens with zero attached hydrogens (tertiary/aromatic N) is 1. The average molecular weight is 323 g/mol. The Balaban J connectivity index is 2.21. The summed E-state index contributed by atoms with van der Waals surface area (Å²) in [6.07, 6.45) is 0.246. The molecule has 0 aromatic heterocycles. The summed E-state index contributed by atoms with van der Waals surface area (Å²) < 4.78 is 0. The van der Waals surface area contributed by atoms with E-state index in [1.54, 1.807) is 4.90 Å². The first kappa shape index (κ1) is 16.2. The lowest BCUT2D eigenvalue weighted by Crippen LogP contribution is -2.38. The maximum absolute atomic E-state index is 12.8. The highest BCUT2D eigenvalue weighted by atomic mass is 16.4. The van der Waals surface area contributed by atoms with Gasteiger partial charge >= 0.3 is 5.97 Å². The molecule has 0 saturated heterocycles. The second-order valence-corrected chi connectivity index (χ2v) is 6.23. The predicted octanol–water partition coefficient (Wildman–Crippen LogP) is 3.31. The summed E-state index contributed by atoms with van der Waals surface area (Å²) >= 11 is 0. The highest BCUT2D eigenvalue weighted by molar-refractivity contribution is 5.86. The molecule has 124 valence electrons. The van der Waals surface area contributed by atoms with Crippen molar-refractivity contribution in [3.63, 3.8) is 0 Å². The lowest BCUT2D eigenvalue weighted by atomic mass is 9.84. The molecule has 1 aliphatic heterocycles. The van der Waals surface area contributed by atoms with Crippen LogP contribution in [0.1, 0.15) is 41.1 Å². The number of fused-ring (bicyclic) bond motifs is 1. The Kier molecular flexibility index (Phi) is 4.38. The van der Waals surface area contributed by atoms with E-state index in [9.17, 15) is 14.7 Å². The molecule has 0 spiro atoms. The van der Waals surface area contributed by atoms with Crippen LogP contribution in [-0.4, -0.2) is 28.4 Å². The van der Waals surface area contributed by atoms with Crippen molar-refractivity contribution in [1.82, 2.24) is 4.90 Å². The van der Waals surface area contributed by atoms with Gasteiger partial charge in [0.25, 0.3) is 0 Å². The molecule has 4 heteroatoms. The van der Waals surface area contributed by atoms with Crippen LogP contribution in [0.5, 0.6) is 0 Å². The minimum Gasteiger partial charge on any atom is -0.481 e. The Hall–Kier alpha value is -2.62. The van der Waals surface area contributed by atoms with E-state index in [1.165, 1.54) is 0 Å². The van der Waals surface area contributed by atoms with Gasteiger partial charge in [-0.05, 0) is 30.5 Å². The van der Waals surface area contributed by atoms with Crippen molar-refractivity contribution in [2.45, 2.75) is 32.2 Å². The largest absolute Gasteiger partial charge is 0.481 e. The van der Waals surface area contributed by atoms with Crippen LogP contribution in [0.4, 0.5) is 0 Å². The van der Waals surface area contributed by atoms with Crippen LogP contribution in [0.25, 0.3) is 0 Å². The van der Waals surface area contributed by atoms with E-state index in [2.05, 4.69) is 0 Å². The van der Waals surface area contributed by atoms with E-state index in [0.29, 0.717) is 6.54 Å². The first-order valence-corrected chi connectivity index (χ1v) is 8.19. The smallest absolute Gasteiger partial charge is 0.313 e. The van der Waals surface area contributed by atoms with Gasteiger partial charge in [0.2, 0.25) is 5.91 Å². The first-order valence-electron chi connectivity index (χ1n) is 8.19. The number of hydrogen-bond acceptors (Lipinski definition) is 2. The molecule has 24 heavy (non-hydrogen) atoms. The minimum atomic E-state index is -0.902. The summed E-state index contributed by atoms with van der Waals surface area (Å²) in [5.74, 6) is -1.70. The molecule has 0 radical (unpaired) electrons. The Labute approximate surface area is 141 Å². The number of aryl methyl sites for hydroxylation is 1. The highest BCUT2D eigenvalue weighted by Crippen LogP contribution is 2.40. The topological polar surface area (TPSA) is 57.6 Å². The summed E-state index contributed by atoms with van der Waals surface area (Å²) in [4.78, 5) is 26.6. The molecule has 2 aromatic rings. The number of carboxylic acid groups (broad SMARTS) is 1. The molecule has 0 bridgehead atoms. The number of likely N-dealkylation sites (N-methyl/N-ethyl adjacent to an activating group) is 1. The third kappa shape index (κ3) is 2.80. The number of carbonyl (C=O) groups is 2. The Morgan fingerprint density at radius 3 is 2.46 bits per heavy atom. The summed E-state index contributed by atoms with van der Waals surface area (Å²) in [5.41, 5.74) is 3.51. The van der Waals surface area contributed by atoms with Crippen LogP contribution in [0.15, 0.2) is 48.5 Å². The first-order chi connectivity index (χ1) is 11.5. The monoisotopic (exact) mass is 323 g/mol. The van der Waals surface area contributed by atoms with Gasteiger partial charge in [0.05, 0.1) is 12.5 Å². The molecule has 1 amide bonds. The number of benzene rings is 2. The zero-order valence-corrected chi connectivity index (χ0v) is 13.9. The molecule has 3 rings (SSSR count). The van der Waals surface area contributed by atoms with Crippen molar-refractivity contribution >= 4 is 11.9 Å². The van der Waals surface area contributed by atoms with Crippen LogP contribution in [0.3, 0.4) is 0 Å². The van der Waals surface area contributed by atoms with Gasteiger partial charge in [0.1, 0.15) is 5.92 Å². The van der Waals surface area contributed by atoms with E-state index < -0.39 is 17.9 Å². The number of carboxylic acids is 1. The number of carbonyl (C=O) groups excluding carboxylic acids is 1. The van der Waals surface area contributed by atoms with Crippen molar-refractivity contribution in [2.75, 3.05) is 6.54 Å². The van der Waals surface area contributed by atoms with Crippen molar-refractivity contribution in [3.05, 3.63) is 70.8 Å². The molecule has 2 aromatic carbocycles. The van der Waals surface area contributed by atoms with Crippen molar-refractivity contribution in [3.8, 4) is 0 Å². The summed E-state index contributed by atoms with van der Waals surface area (Å²) in [6, 6.07) is 14.7. The Bertz CT molecular complexity index is 767. The molecule has 0 saturated carbocycles. The standard InChI is InChI=1S/C20H21NO3/c1-3-21-17(22)12-15-6-4-5-7-16(15)18(20(23)24)19(21)14-10-8-13(2)9-11-14/h4-11,18-19H,3,12H2,1-2H3,(H,23,24)/t18-,19+/m0/s1. The van der Waals surface area contributed by atoms with Crippen molar-refractivity contribution in [1.29, 1.82) is 0 Å². The highest BCUT2D eigenvalue weighted by Gasteiger charge is 2.40. The number of hydrogen-bond donors (Lipinski definition) is 1. The van der Waals surface area contributed by atoms with E-state index in [4.69, 9.17) is 0 Å². The summed E-state index contributed by atoms with van der Waals surface area (Å²) in [6.45, 7) is 4.37. The van der Waals surface area contributed by atoms with E-state index in [1.807, 2.05) is 62.4 Å². The molecule has 1 heterocycles. The van der Waals surface area contributed by atoms with Crippen LogP contribution in [-0.2, 0) is 16.0 Å². The van der Waals surface area contributed by atoms with Crippen LogP contribution < -0.4 is 0 Å². The lowest BCUT2D eigenvalue weighted by Gasteiger charge is -2.33. The zero-order chi connectivity index (χ0) is 17.3. The van der Waals surface area contributed by atoms with Gasteiger partial charge < -0.3 is 10.0 Å². The quantitative estimate of drug-likeness (QED) is 0.943. The van der Waals surface area contributed by atoms with Crippen LogP contribution in [0, 0.1) is 6.92 Å². The number of rotatable bonds is 3. The molecule has 0 unspecified atom stereocenters. The van der Waals surface area contributed by atoms with Gasteiger partial charge in [0, 0.05) is 6.54 Å². The van der Waals surface area contributed by atoms with E-state index in [-0.39, 0.29) is 12.3 Å². The maximum Gasteiger partial charge on any atom is 0.313 e. The summed E-state index contributed by atoms with van der Waals surface area (Å²) in [5, 5.41) is 9.96. The molecule has 1 aliphatic rings. The SMILES string of the molecule is CCN1C(=O)Cc2ccccc2[C@H](C(=O)O)[C@H]1c1ccc(C)cc1. The second-order valence-electron chi connectivity index (χ2n) is 6.23. The molecule has 0 fully saturated rings. The third-order valence-electron chi connectivity index (χ3n) is 4.73. The predicted molar refractivity (Wildman–Crippen MR) is 91.8 cm³/mol. The Morgan fingerprint density at radius 1 is 1.17 bits per heavy atom. The molecule has 1 N–H and O–H groups in total. The molecular formula is C20H21NO3. The second kappa shape index (κ2) is 6.48. The lowest BCUT2D eigenvalue weighted by molar-refractivity contribution is -0.142. The van der Waals surface area contributed by atoms with Crippen LogP contribution in [0.2, 0.25) is 0 Å². The molecule has 4 nitrogen and oxygen atoms in total. The normalized spacial score (nSPS) is 20.4. The fourth-order valence-corrected chi connectivity index (χ4v) is 3.55. The Morgan fingerprint density at radius 2 is 1.83 bits per heavy atom. The van der Waals surface area contributed by atoms with Gasteiger partial charge in [-0.2, -0.15) is 0 Å². The van der Waals surface area contributed by atoms with Crippen LogP contribution >= 0.6 is 0 Å².